The summed E-state index contributed by atoms with van der Waals surface area (Å²) in [6.45, 7) is 0.274. The highest BCUT2D eigenvalue weighted by Crippen LogP contribution is 2.12. The summed E-state index contributed by atoms with van der Waals surface area (Å²) in [4.78, 5) is 17.6. The minimum Gasteiger partial charge on any atom is -0.391 e. The molecule has 4 nitrogen and oxygen atoms in total. The molecule has 3 aromatic carbocycles. The lowest BCUT2D eigenvalue weighted by Crippen LogP contribution is -2.12. The zero-order valence-corrected chi connectivity index (χ0v) is 14.7. The molecule has 26 heavy (non-hydrogen) atoms. The summed E-state index contributed by atoms with van der Waals surface area (Å²) in [5.41, 5.74) is 3.08. The molecule has 0 aliphatic heterocycles. The van der Waals surface area contributed by atoms with Crippen LogP contribution >= 0.6 is 11.6 Å². The SMILES string of the molecule is O=C(Nc1ccccc1)c1cccc(CO/N=C/c2ccc(Cl)cc2)c1. The fourth-order valence-electron chi connectivity index (χ4n) is 2.29. The van der Waals surface area contributed by atoms with Crippen molar-refractivity contribution in [2.45, 2.75) is 6.61 Å². The molecule has 0 saturated heterocycles. The molecule has 0 aliphatic rings. The molecule has 3 aromatic rings. The summed E-state index contributed by atoms with van der Waals surface area (Å²) in [6, 6.07) is 23.9. The molecule has 0 bridgehead atoms. The summed E-state index contributed by atoms with van der Waals surface area (Å²) in [6.07, 6.45) is 1.61. The van der Waals surface area contributed by atoms with E-state index in [1.165, 1.54) is 0 Å². The van der Waals surface area contributed by atoms with Gasteiger partial charge in [-0.15, -0.1) is 0 Å². The molecular formula is C21H17ClN2O2. The van der Waals surface area contributed by atoms with Gasteiger partial charge in [0.15, 0.2) is 0 Å². The first-order valence-corrected chi connectivity index (χ1v) is 8.45. The van der Waals surface area contributed by atoms with E-state index in [0.717, 1.165) is 16.8 Å². The van der Waals surface area contributed by atoms with Crippen LogP contribution in [0.25, 0.3) is 0 Å². The Bertz CT molecular complexity index is 893. The van der Waals surface area contributed by atoms with Gasteiger partial charge in [-0.2, -0.15) is 0 Å². The molecular weight excluding hydrogens is 348 g/mol. The highest BCUT2D eigenvalue weighted by atomic mass is 35.5. The van der Waals surface area contributed by atoms with Crippen molar-refractivity contribution in [3.63, 3.8) is 0 Å². The van der Waals surface area contributed by atoms with Crippen molar-refractivity contribution in [1.29, 1.82) is 0 Å². The molecule has 1 amide bonds. The number of amides is 1. The molecule has 1 N–H and O–H groups in total. The van der Waals surface area contributed by atoms with Gasteiger partial charge < -0.3 is 10.2 Å². The first-order valence-electron chi connectivity index (χ1n) is 8.07. The van der Waals surface area contributed by atoms with Crippen LogP contribution in [0.4, 0.5) is 5.69 Å². The van der Waals surface area contributed by atoms with Gasteiger partial charge in [-0.05, 0) is 47.5 Å². The van der Waals surface area contributed by atoms with Crippen LogP contribution in [0, 0.1) is 0 Å². The molecule has 3 rings (SSSR count). The van der Waals surface area contributed by atoms with Crippen molar-refractivity contribution >= 4 is 29.4 Å². The van der Waals surface area contributed by atoms with Crippen LogP contribution in [0.1, 0.15) is 21.5 Å². The van der Waals surface area contributed by atoms with Crippen LogP contribution in [0.2, 0.25) is 5.02 Å². The number of nitrogens with zero attached hydrogens (tertiary/aromatic N) is 1. The highest BCUT2D eigenvalue weighted by molar-refractivity contribution is 6.30. The van der Waals surface area contributed by atoms with E-state index < -0.39 is 0 Å². The minimum atomic E-state index is -0.164. The van der Waals surface area contributed by atoms with Gasteiger partial charge in [0, 0.05) is 16.3 Å². The quantitative estimate of drug-likeness (QED) is 0.486. The van der Waals surface area contributed by atoms with Crippen molar-refractivity contribution in [2.24, 2.45) is 5.16 Å². The third-order valence-corrected chi connectivity index (χ3v) is 3.85. The summed E-state index contributed by atoms with van der Waals surface area (Å²) in [5, 5.41) is 7.47. The van der Waals surface area contributed by atoms with E-state index in [1.807, 2.05) is 54.6 Å². The molecule has 0 spiro atoms. The third-order valence-electron chi connectivity index (χ3n) is 3.60. The first-order chi connectivity index (χ1) is 12.7. The fourth-order valence-corrected chi connectivity index (χ4v) is 2.41. The lowest BCUT2D eigenvalue weighted by molar-refractivity contribution is 0.102. The molecule has 0 fully saturated rings. The van der Waals surface area contributed by atoms with E-state index in [2.05, 4.69) is 10.5 Å². The number of benzene rings is 3. The third kappa shape index (κ3) is 5.19. The molecule has 0 aromatic heterocycles. The molecule has 0 heterocycles. The molecule has 130 valence electrons. The second kappa shape index (κ2) is 8.83. The molecule has 0 atom stereocenters. The Morgan fingerprint density at radius 3 is 2.54 bits per heavy atom. The Labute approximate surface area is 157 Å². The van der Waals surface area contributed by atoms with Crippen LogP contribution in [0.15, 0.2) is 84.0 Å². The Morgan fingerprint density at radius 1 is 1.00 bits per heavy atom. The summed E-state index contributed by atoms with van der Waals surface area (Å²) in [5.74, 6) is -0.164. The van der Waals surface area contributed by atoms with Gasteiger partial charge in [-0.3, -0.25) is 4.79 Å². The maximum atomic E-state index is 12.3. The second-order valence-corrected chi connectivity index (χ2v) is 6.02. The number of oxime groups is 1. The molecule has 0 unspecified atom stereocenters. The molecule has 0 aliphatic carbocycles. The normalized spacial score (nSPS) is 10.7. The van der Waals surface area contributed by atoms with Crippen LogP contribution in [0.5, 0.6) is 0 Å². The lowest BCUT2D eigenvalue weighted by Gasteiger charge is -2.06. The van der Waals surface area contributed by atoms with Crippen molar-refractivity contribution in [3.05, 3.63) is 101 Å². The standard InChI is InChI=1S/C21H17ClN2O2/c22-19-11-9-16(10-12-19)14-23-26-15-17-5-4-6-18(13-17)21(25)24-20-7-2-1-3-8-20/h1-14H,15H2,(H,24,25)/b23-14+. The fraction of sp³-hybridized carbons (Fsp3) is 0.0476. The van der Waals surface area contributed by atoms with E-state index >= 15 is 0 Å². The largest absolute Gasteiger partial charge is 0.391 e. The predicted molar refractivity (Wildman–Crippen MR) is 105 cm³/mol. The summed E-state index contributed by atoms with van der Waals surface area (Å²) < 4.78 is 0. The van der Waals surface area contributed by atoms with Crippen LogP contribution in [0.3, 0.4) is 0 Å². The number of halogens is 1. The average molecular weight is 365 g/mol. The van der Waals surface area contributed by atoms with Gasteiger partial charge >= 0.3 is 0 Å². The predicted octanol–water partition coefficient (Wildman–Crippen LogP) is 5.14. The summed E-state index contributed by atoms with van der Waals surface area (Å²) >= 11 is 5.84. The zero-order chi connectivity index (χ0) is 18.2. The van der Waals surface area contributed by atoms with Gasteiger partial charge in [-0.25, -0.2) is 0 Å². The second-order valence-electron chi connectivity index (χ2n) is 5.58. The van der Waals surface area contributed by atoms with E-state index in [-0.39, 0.29) is 12.5 Å². The number of nitrogens with one attached hydrogen (secondary N) is 1. The average Bonchev–Trinajstić information content (AvgIpc) is 2.68. The number of para-hydroxylation sites is 1. The Morgan fingerprint density at radius 2 is 1.77 bits per heavy atom. The number of anilines is 1. The van der Waals surface area contributed by atoms with Gasteiger partial charge in [-0.1, -0.05) is 59.2 Å². The van der Waals surface area contributed by atoms with Crippen LogP contribution < -0.4 is 5.32 Å². The van der Waals surface area contributed by atoms with Crippen molar-refractivity contribution in [1.82, 2.24) is 0 Å². The van der Waals surface area contributed by atoms with Crippen molar-refractivity contribution in [2.75, 3.05) is 5.32 Å². The van der Waals surface area contributed by atoms with Gasteiger partial charge in [0.05, 0.1) is 6.21 Å². The Hall–Kier alpha value is -3.11. The van der Waals surface area contributed by atoms with Gasteiger partial charge in [0.1, 0.15) is 6.61 Å². The number of hydrogen-bond acceptors (Lipinski definition) is 3. The highest BCUT2D eigenvalue weighted by Gasteiger charge is 2.06. The number of carbonyl (C=O) groups excluding carboxylic acids is 1. The topological polar surface area (TPSA) is 50.7 Å². The summed E-state index contributed by atoms with van der Waals surface area (Å²) in [7, 11) is 0. The van der Waals surface area contributed by atoms with Gasteiger partial charge in [0.25, 0.3) is 5.91 Å². The molecule has 0 radical (unpaired) electrons. The Balaban J connectivity index is 1.57. The zero-order valence-electron chi connectivity index (χ0n) is 13.9. The number of rotatable bonds is 6. The Kier molecular flexibility index (Phi) is 6.01. The van der Waals surface area contributed by atoms with Crippen molar-refractivity contribution < 1.29 is 9.63 Å². The smallest absolute Gasteiger partial charge is 0.255 e. The van der Waals surface area contributed by atoms with Crippen molar-refractivity contribution in [3.8, 4) is 0 Å². The lowest BCUT2D eigenvalue weighted by atomic mass is 10.1. The number of hydrogen-bond donors (Lipinski definition) is 1. The number of carbonyl (C=O) groups is 1. The maximum absolute atomic E-state index is 12.3. The van der Waals surface area contributed by atoms with E-state index in [1.54, 1.807) is 30.5 Å². The minimum absolute atomic E-state index is 0.164. The maximum Gasteiger partial charge on any atom is 0.255 e. The van der Waals surface area contributed by atoms with E-state index in [9.17, 15) is 4.79 Å². The van der Waals surface area contributed by atoms with E-state index in [0.29, 0.717) is 10.6 Å². The molecule has 5 heteroatoms. The van der Waals surface area contributed by atoms with Crippen LogP contribution in [-0.2, 0) is 11.4 Å². The van der Waals surface area contributed by atoms with E-state index in [4.69, 9.17) is 16.4 Å². The van der Waals surface area contributed by atoms with Crippen LogP contribution in [-0.4, -0.2) is 12.1 Å². The first kappa shape index (κ1) is 17.7. The molecule has 0 saturated carbocycles. The monoisotopic (exact) mass is 364 g/mol. The van der Waals surface area contributed by atoms with Gasteiger partial charge in [0.2, 0.25) is 0 Å².